The number of rotatable bonds is 6. The molecule has 2 amide bonds. The molecule has 8 heteroatoms. The average Bonchev–Trinajstić information content (AvgIpc) is 3.00. The Balaban J connectivity index is 1.87. The molecule has 0 saturated carbocycles. The van der Waals surface area contributed by atoms with Crippen LogP contribution in [0.15, 0.2) is 45.8 Å². The zero-order chi connectivity index (χ0) is 21.8. The van der Waals surface area contributed by atoms with Gasteiger partial charge in [0, 0.05) is 11.6 Å². The third-order valence-electron chi connectivity index (χ3n) is 4.40. The Morgan fingerprint density at radius 3 is 2.63 bits per heavy atom. The minimum Gasteiger partial charge on any atom is -0.493 e. The van der Waals surface area contributed by atoms with Crippen molar-refractivity contribution in [2.45, 2.75) is 26.5 Å². The lowest BCUT2D eigenvalue weighted by molar-refractivity contribution is -0.123. The molecule has 0 N–H and O–H groups in total. The number of methoxy groups -OCH3 is 1. The Morgan fingerprint density at radius 2 is 2.00 bits per heavy atom. The minimum absolute atomic E-state index is 0.197. The molecule has 1 heterocycles. The van der Waals surface area contributed by atoms with Crippen LogP contribution in [0.3, 0.4) is 0 Å². The molecule has 0 atom stereocenters. The fraction of sp³-hybridized carbons (Fsp3) is 0.227. The molecule has 0 aromatic heterocycles. The minimum atomic E-state index is -0.302. The van der Waals surface area contributed by atoms with E-state index in [2.05, 4.69) is 22.0 Å². The predicted molar refractivity (Wildman–Crippen MR) is 119 cm³/mol. The largest absolute Gasteiger partial charge is 0.493 e. The number of halogens is 1. The fourth-order valence-electron chi connectivity index (χ4n) is 2.94. The summed E-state index contributed by atoms with van der Waals surface area (Å²) in [6.45, 7) is 3.80. The maximum atomic E-state index is 12.5. The smallest absolute Gasteiger partial charge is 0.293 e. The lowest BCUT2D eigenvalue weighted by atomic mass is 10.1. The Kier molecular flexibility index (Phi) is 6.85. The van der Waals surface area contributed by atoms with Gasteiger partial charge in [0.15, 0.2) is 11.5 Å². The van der Waals surface area contributed by atoms with Crippen molar-refractivity contribution >= 4 is 44.9 Å². The summed E-state index contributed by atoms with van der Waals surface area (Å²) in [6, 6.07) is 12.7. The maximum Gasteiger partial charge on any atom is 0.293 e. The first-order valence-corrected chi connectivity index (χ1v) is 10.7. The number of ether oxygens (including phenoxy) is 2. The molecule has 30 heavy (non-hydrogen) atoms. The summed E-state index contributed by atoms with van der Waals surface area (Å²) in [5.41, 5.74) is 2.00. The second kappa shape index (κ2) is 9.37. The second-order valence-electron chi connectivity index (χ2n) is 6.74. The van der Waals surface area contributed by atoms with E-state index >= 15 is 0 Å². The summed E-state index contributed by atoms with van der Waals surface area (Å²) < 4.78 is 12.0. The summed E-state index contributed by atoms with van der Waals surface area (Å²) in [5, 5.41) is 8.96. The van der Waals surface area contributed by atoms with Gasteiger partial charge in [0.05, 0.1) is 28.1 Å². The Morgan fingerprint density at radius 1 is 1.27 bits per heavy atom. The third-order valence-corrected chi connectivity index (χ3v) is 5.87. The Hall–Kier alpha value is -2.76. The topological polar surface area (TPSA) is 79.6 Å². The SMILES string of the molecule is COc1cc(/C=C2/SC(=O)N(C(C)C)C2=O)cc(Br)c1OCc1ccccc1C#N. The summed E-state index contributed by atoms with van der Waals surface area (Å²) in [6.07, 6.45) is 1.66. The maximum absolute atomic E-state index is 12.5. The van der Waals surface area contributed by atoms with E-state index in [1.54, 1.807) is 44.2 Å². The third kappa shape index (κ3) is 4.53. The van der Waals surface area contributed by atoms with Gasteiger partial charge in [-0.15, -0.1) is 0 Å². The molecule has 3 rings (SSSR count). The molecule has 0 unspecified atom stereocenters. The number of hydrogen-bond donors (Lipinski definition) is 0. The zero-order valence-corrected chi connectivity index (χ0v) is 19.0. The highest BCUT2D eigenvalue weighted by Crippen LogP contribution is 2.39. The van der Waals surface area contributed by atoms with Crippen LogP contribution in [0, 0.1) is 11.3 Å². The number of carbonyl (C=O) groups excluding carboxylic acids is 2. The van der Waals surface area contributed by atoms with Gasteiger partial charge in [-0.2, -0.15) is 5.26 Å². The molecule has 0 aliphatic carbocycles. The van der Waals surface area contributed by atoms with Crippen LogP contribution in [0.5, 0.6) is 11.5 Å². The summed E-state index contributed by atoms with van der Waals surface area (Å²) in [7, 11) is 1.52. The van der Waals surface area contributed by atoms with E-state index in [4.69, 9.17) is 9.47 Å². The number of thioether (sulfide) groups is 1. The highest BCUT2D eigenvalue weighted by molar-refractivity contribution is 9.10. The first-order chi connectivity index (χ1) is 14.3. The first-order valence-electron chi connectivity index (χ1n) is 9.11. The van der Waals surface area contributed by atoms with Crippen molar-refractivity contribution < 1.29 is 19.1 Å². The number of hydrogen-bond acceptors (Lipinski definition) is 6. The van der Waals surface area contributed by atoms with Gasteiger partial charge in [-0.05, 0) is 71.4 Å². The van der Waals surface area contributed by atoms with Gasteiger partial charge in [0.2, 0.25) is 0 Å². The number of carbonyl (C=O) groups is 2. The second-order valence-corrected chi connectivity index (χ2v) is 8.58. The van der Waals surface area contributed by atoms with Gasteiger partial charge in [-0.1, -0.05) is 18.2 Å². The van der Waals surface area contributed by atoms with Crippen LogP contribution in [-0.2, 0) is 11.4 Å². The molecule has 1 saturated heterocycles. The van der Waals surface area contributed by atoms with Crippen molar-refractivity contribution in [2.24, 2.45) is 0 Å². The molecule has 6 nitrogen and oxygen atoms in total. The molecule has 0 radical (unpaired) electrons. The fourth-order valence-corrected chi connectivity index (χ4v) is 4.48. The van der Waals surface area contributed by atoms with Crippen molar-refractivity contribution in [1.29, 1.82) is 5.26 Å². The van der Waals surface area contributed by atoms with E-state index in [9.17, 15) is 14.9 Å². The molecule has 0 spiro atoms. The number of nitriles is 1. The van der Waals surface area contributed by atoms with E-state index < -0.39 is 0 Å². The van der Waals surface area contributed by atoms with Gasteiger partial charge >= 0.3 is 0 Å². The van der Waals surface area contributed by atoms with Crippen LogP contribution in [0.1, 0.15) is 30.5 Å². The van der Waals surface area contributed by atoms with E-state index in [1.807, 2.05) is 12.1 Å². The highest BCUT2D eigenvalue weighted by atomic mass is 79.9. The molecule has 1 aliphatic heterocycles. The lowest BCUT2D eigenvalue weighted by Gasteiger charge is -2.16. The quantitative estimate of drug-likeness (QED) is 0.511. The molecule has 2 aromatic carbocycles. The van der Waals surface area contributed by atoms with Crippen LogP contribution in [-0.4, -0.2) is 29.2 Å². The number of nitrogens with zero attached hydrogens (tertiary/aromatic N) is 2. The summed E-state index contributed by atoms with van der Waals surface area (Å²) in [5.74, 6) is 0.648. The summed E-state index contributed by atoms with van der Waals surface area (Å²) in [4.78, 5) is 26.2. The van der Waals surface area contributed by atoms with Gasteiger partial charge in [0.1, 0.15) is 6.61 Å². The highest BCUT2D eigenvalue weighted by Gasteiger charge is 2.36. The van der Waals surface area contributed by atoms with Gasteiger partial charge < -0.3 is 9.47 Å². The van der Waals surface area contributed by atoms with Gasteiger partial charge in [0.25, 0.3) is 11.1 Å². The van der Waals surface area contributed by atoms with E-state index in [0.29, 0.717) is 32.0 Å². The van der Waals surface area contributed by atoms with Crippen LogP contribution in [0.2, 0.25) is 0 Å². The van der Waals surface area contributed by atoms with Crippen molar-refractivity contribution in [3.63, 3.8) is 0 Å². The van der Waals surface area contributed by atoms with Gasteiger partial charge in [-0.3, -0.25) is 14.5 Å². The average molecular weight is 487 g/mol. The van der Waals surface area contributed by atoms with Crippen molar-refractivity contribution in [3.05, 3.63) is 62.5 Å². The normalized spacial score (nSPS) is 15.1. The number of benzene rings is 2. The number of amides is 2. The van der Waals surface area contributed by atoms with Crippen LogP contribution >= 0.6 is 27.7 Å². The molecule has 0 bridgehead atoms. The lowest BCUT2D eigenvalue weighted by Crippen LogP contribution is -2.34. The van der Waals surface area contributed by atoms with Crippen molar-refractivity contribution in [1.82, 2.24) is 4.90 Å². The Bertz CT molecular complexity index is 1080. The molecular formula is C22H19BrN2O4S. The van der Waals surface area contributed by atoms with Crippen LogP contribution in [0.25, 0.3) is 6.08 Å². The molecule has 1 aliphatic rings. The van der Waals surface area contributed by atoms with Crippen LogP contribution < -0.4 is 9.47 Å². The molecule has 1 fully saturated rings. The van der Waals surface area contributed by atoms with Crippen LogP contribution in [0.4, 0.5) is 4.79 Å². The Labute approximate surface area is 187 Å². The zero-order valence-electron chi connectivity index (χ0n) is 16.6. The molecule has 2 aromatic rings. The molecular weight excluding hydrogens is 468 g/mol. The monoisotopic (exact) mass is 486 g/mol. The molecule has 154 valence electrons. The van der Waals surface area contributed by atoms with Gasteiger partial charge in [-0.25, -0.2) is 0 Å². The summed E-state index contributed by atoms with van der Waals surface area (Å²) >= 11 is 4.41. The van der Waals surface area contributed by atoms with Crippen molar-refractivity contribution in [3.8, 4) is 17.6 Å². The first kappa shape index (κ1) is 21.9. The van der Waals surface area contributed by atoms with E-state index in [1.165, 1.54) is 12.0 Å². The van der Waals surface area contributed by atoms with Crippen molar-refractivity contribution in [2.75, 3.05) is 7.11 Å². The standard InChI is InChI=1S/C22H19BrN2O4S/c1-13(2)25-21(26)19(30-22(25)27)10-14-8-17(23)20(18(9-14)28-3)29-12-16-7-5-4-6-15(16)11-24/h4-10,13H,12H2,1-3H3/b19-10+. The number of imide groups is 1. The predicted octanol–water partition coefficient (Wildman–Crippen LogP) is 5.35. The van der Waals surface area contributed by atoms with E-state index in [-0.39, 0.29) is 23.8 Å². The van der Waals surface area contributed by atoms with E-state index in [0.717, 1.165) is 17.3 Å².